The van der Waals surface area contributed by atoms with Crippen LogP contribution in [0.5, 0.6) is 0 Å². The van der Waals surface area contributed by atoms with Crippen LogP contribution in [0.3, 0.4) is 0 Å². The van der Waals surface area contributed by atoms with Crippen molar-refractivity contribution in [3.8, 4) is 0 Å². The van der Waals surface area contributed by atoms with Crippen molar-refractivity contribution in [3.05, 3.63) is 0 Å². The van der Waals surface area contributed by atoms with Crippen LogP contribution in [-0.2, 0) is 9.53 Å². The lowest BCUT2D eigenvalue weighted by Crippen LogP contribution is -2.57. The molecule has 2 unspecified atom stereocenters. The largest absolute Gasteiger partial charge is 0.388 e. The van der Waals surface area contributed by atoms with E-state index in [0.29, 0.717) is 26.1 Å². The Labute approximate surface area is 94.0 Å². The van der Waals surface area contributed by atoms with Crippen LogP contribution in [0.1, 0.15) is 12.8 Å². The third kappa shape index (κ3) is 2.06. The van der Waals surface area contributed by atoms with E-state index in [1.165, 1.54) is 4.90 Å². The molecule has 2 atom stereocenters. The van der Waals surface area contributed by atoms with Crippen LogP contribution in [0, 0.1) is 0 Å². The Kier molecular flexibility index (Phi) is 3.16. The Morgan fingerprint density at radius 1 is 1.25 bits per heavy atom. The van der Waals surface area contributed by atoms with Gasteiger partial charge in [0.1, 0.15) is 0 Å². The number of amides is 1. The van der Waals surface area contributed by atoms with Gasteiger partial charge in [-0.3, -0.25) is 4.79 Å². The summed E-state index contributed by atoms with van der Waals surface area (Å²) >= 11 is 0. The summed E-state index contributed by atoms with van der Waals surface area (Å²) in [6.45, 7) is 1.31. The molecule has 0 spiro atoms. The van der Waals surface area contributed by atoms with Gasteiger partial charge in [-0.1, -0.05) is 0 Å². The standard InChI is InChI=1S/C10H18N2O4/c11-10(1-3-16-4-2-10)9(15)12-5-7(13)8(14)6-12/h7-8,13-14H,1-6,11H2. The summed E-state index contributed by atoms with van der Waals surface area (Å²) < 4.78 is 5.17. The number of ether oxygens (including phenoxy) is 1. The maximum Gasteiger partial charge on any atom is 0.243 e. The molecule has 2 heterocycles. The molecule has 2 fully saturated rings. The number of carbonyl (C=O) groups excluding carboxylic acids is 1. The molecule has 6 heteroatoms. The average molecular weight is 230 g/mol. The van der Waals surface area contributed by atoms with Gasteiger partial charge in [-0.15, -0.1) is 0 Å². The van der Waals surface area contributed by atoms with E-state index in [1.54, 1.807) is 0 Å². The summed E-state index contributed by atoms with van der Waals surface area (Å²) in [4.78, 5) is 13.6. The summed E-state index contributed by atoms with van der Waals surface area (Å²) in [5, 5.41) is 18.8. The number of rotatable bonds is 1. The van der Waals surface area contributed by atoms with Crippen LogP contribution in [0.25, 0.3) is 0 Å². The first-order valence-electron chi connectivity index (χ1n) is 5.55. The molecular weight excluding hydrogens is 212 g/mol. The van der Waals surface area contributed by atoms with E-state index in [4.69, 9.17) is 10.5 Å². The quantitative estimate of drug-likeness (QED) is 0.487. The molecule has 2 aliphatic heterocycles. The van der Waals surface area contributed by atoms with Gasteiger partial charge in [0.15, 0.2) is 0 Å². The second-order valence-corrected chi connectivity index (χ2v) is 4.61. The zero-order valence-electron chi connectivity index (χ0n) is 9.13. The maximum atomic E-state index is 12.1. The molecule has 0 bridgehead atoms. The van der Waals surface area contributed by atoms with Crippen molar-refractivity contribution in [2.45, 2.75) is 30.6 Å². The Morgan fingerprint density at radius 3 is 2.25 bits per heavy atom. The number of likely N-dealkylation sites (tertiary alicyclic amines) is 1. The lowest BCUT2D eigenvalue weighted by molar-refractivity contribution is -0.140. The molecule has 1 amide bonds. The van der Waals surface area contributed by atoms with E-state index in [-0.39, 0.29) is 19.0 Å². The fourth-order valence-corrected chi connectivity index (χ4v) is 2.20. The summed E-state index contributed by atoms with van der Waals surface area (Å²) in [7, 11) is 0. The molecule has 2 aliphatic rings. The van der Waals surface area contributed by atoms with E-state index in [1.807, 2.05) is 0 Å². The SMILES string of the molecule is NC1(C(=O)N2CC(O)C(O)C2)CCOCC1. The first-order chi connectivity index (χ1) is 7.53. The van der Waals surface area contributed by atoms with Gasteiger partial charge in [0, 0.05) is 26.3 Å². The number of hydrogen-bond donors (Lipinski definition) is 3. The predicted octanol–water partition coefficient (Wildman–Crippen LogP) is -1.94. The maximum absolute atomic E-state index is 12.1. The molecule has 92 valence electrons. The molecule has 0 saturated carbocycles. The van der Waals surface area contributed by atoms with E-state index in [2.05, 4.69) is 0 Å². The van der Waals surface area contributed by atoms with Crippen molar-refractivity contribution in [2.75, 3.05) is 26.3 Å². The van der Waals surface area contributed by atoms with Crippen LogP contribution >= 0.6 is 0 Å². The van der Waals surface area contributed by atoms with Crippen molar-refractivity contribution in [1.29, 1.82) is 0 Å². The third-order valence-electron chi connectivity index (χ3n) is 3.36. The normalized spacial score (nSPS) is 34.1. The van der Waals surface area contributed by atoms with E-state index in [0.717, 1.165) is 0 Å². The minimum Gasteiger partial charge on any atom is -0.388 e. The molecule has 2 saturated heterocycles. The molecule has 0 aromatic carbocycles. The summed E-state index contributed by atoms with van der Waals surface area (Å²) in [6, 6.07) is 0. The number of nitrogens with two attached hydrogens (primary N) is 1. The number of hydrogen-bond acceptors (Lipinski definition) is 5. The van der Waals surface area contributed by atoms with Crippen LogP contribution in [0.2, 0.25) is 0 Å². The Bertz CT molecular complexity index is 268. The highest BCUT2D eigenvalue weighted by molar-refractivity contribution is 5.86. The number of carbonyl (C=O) groups is 1. The predicted molar refractivity (Wildman–Crippen MR) is 55.6 cm³/mol. The minimum atomic E-state index is -0.887. The second kappa shape index (κ2) is 4.29. The van der Waals surface area contributed by atoms with Crippen LogP contribution < -0.4 is 5.73 Å². The molecule has 4 N–H and O–H groups in total. The fourth-order valence-electron chi connectivity index (χ4n) is 2.20. The highest BCUT2D eigenvalue weighted by Crippen LogP contribution is 2.23. The van der Waals surface area contributed by atoms with Crippen molar-refractivity contribution >= 4 is 5.91 Å². The Balaban J connectivity index is 2.01. The molecule has 0 radical (unpaired) electrons. The molecule has 16 heavy (non-hydrogen) atoms. The molecule has 0 aromatic heterocycles. The average Bonchev–Trinajstić information content (AvgIpc) is 2.59. The number of aliphatic hydroxyl groups is 2. The highest BCUT2D eigenvalue weighted by atomic mass is 16.5. The Morgan fingerprint density at radius 2 is 1.75 bits per heavy atom. The van der Waals surface area contributed by atoms with E-state index < -0.39 is 17.7 Å². The lowest BCUT2D eigenvalue weighted by Gasteiger charge is -2.35. The van der Waals surface area contributed by atoms with Gasteiger partial charge in [-0.05, 0) is 12.8 Å². The van der Waals surface area contributed by atoms with Gasteiger partial charge in [0.25, 0.3) is 0 Å². The van der Waals surface area contributed by atoms with Crippen molar-refractivity contribution < 1.29 is 19.7 Å². The molecule has 6 nitrogen and oxygen atoms in total. The van der Waals surface area contributed by atoms with Gasteiger partial charge in [-0.25, -0.2) is 0 Å². The molecule has 0 aliphatic carbocycles. The highest BCUT2D eigenvalue weighted by Gasteiger charge is 2.43. The minimum absolute atomic E-state index is 0.166. The van der Waals surface area contributed by atoms with Crippen molar-refractivity contribution in [3.63, 3.8) is 0 Å². The van der Waals surface area contributed by atoms with Crippen LogP contribution in [0.15, 0.2) is 0 Å². The third-order valence-corrected chi connectivity index (χ3v) is 3.36. The van der Waals surface area contributed by atoms with Crippen molar-refractivity contribution in [1.82, 2.24) is 4.90 Å². The number of β-amino-alcohol motifs (C(OH)–C–C–N with tert-alkyl or cyclic N) is 2. The molecule has 0 aromatic rings. The molecular formula is C10H18N2O4. The zero-order valence-corrected chi connectivity index (χ0v) is 9.13. The van der Waals surface area contributed by atoms with Gasteiger partial charge >= 0.3 is 0 Å². The smallest absolute Gasteiger partial charge is 0.243 e. The number of nitrogens with zero attached hydrogens (tertiary/aromatic N) is 1. The first-order valence-corrected chi connectivity index (χ1v) is 5.55. The zero-order chi connectivity index (χ0) is 11.8. The van der Waals surface area contributed by atoms with Crippen molar-refractivity contribution in [2.24, 2.45) is 5.73 Å². The van der Waals surface area contributed by atoms with Crippen LogP contribution in [0.4, 0.5) is 0 Å². The second-order valence-electron chi connectivity index (χ2n) is 4.61. The van der Waals surface area contributed by atoms with Gasteiger partial charge < -0.3 is 25.6 Å². The lowest BCUT2D eigenvalue weighted by atomic mass is 9.90. The first kappa shape index (κ1) is 11.8. The van der Waals surface area contributed by atoms with Gasteiger partial charge in [0.2, 0.25) is 5.91 Å². The Hall–Kier alpha value is -0.690. The summed E-state index contributed by atoms with van der Waals surface area (Å²) in [5.41, 5.74) is 5.15. The van der Waals surface area contributed by atoms with Gasteiger partial charge in [0.05, 0.1) is 17.7 Å². The summed E-state index contributed by atoms with van der Waals surface area (Å²) in [5.74, 6) is -0.189. The monoisotopic (exact) mass is 230 g/mol. The fraction of sp³-hybridized carbons (Fsp3) is 0.900. The summed E-state index contributed by atoms with van der Waals surface area (Å²) in [6.07, 6.45) is -0.719. The van der Waals surface area contributed by atoms with Crippen LogP contribution in [-0.4, -0.2) is 65.1 Å². The van der Waals surface area contributed by atoms with E-state index >= 15 is 0 Å². The van der Waals surface area contributed by atoms with E-state index in [9.17, 15) is 15.0 Å². The number of aliphatic hydroxyl groups excluding tert-OH is 2. The topological polar surface area (TPSA) is 96.0 Å². The molecule has 2 rings (SSSR count). The van der Waals surface area contributed by atoms with Gasteiger partial charge in [-0.2, -0.15) is 0 Å².